The molecule has 1 heterocycles. The number of guanidine groups is 6. The number of nitrogens with one attached hydrogen (secondary N) is 10. The van der Waals surface area contributed by atoms with Gasteiger partial charge in [0.1, 0.15) is 54.4 Å². The Labute approximate surface area is 614 Å². The van der Waals surface area contributed by atoms with Crippen LogP contribution in [0.3, 0.4) is 0 Å². The molecule has 1 saturated heterocycles. The predicted molar refractivity (Wildman–Crippen MR) is 396 cm³/mol. The van der Waals surface area contributed by atoms with E-state index < -0.39 is 144 Å². The first-order chi connectivity index (χ1) is 49.6. The molecule has 13 amide bonds. The van der Waals surface area contributed by atoms with Gasteiger partial charge in [-0.2, -0.15) is 12.6 Å². The zero-order valence-electron chi connectivity index (χ0n) is 59.6. The molecule has 1 fully saturated rings. The molecular formula is C60H113N31O13S. The SMILES string of the molecule is C[C@@H]1NC(=O)[C@H](CCC(N)=O)NC(=O)[C@H](CCCN=C(N)N)NC(=O)CCCC(=O)NCCCCCCN(CC(=O)N[C@@H](CCCN=C(N)N)C(=O)N[C@@H](CCCN=C(N)N)C(=O)N[C@@H](CCCN=C(N)N)C(=O)N[C@@H](CS)C(N)=O)C(=O)[C@H](CCCN=C(N)N)NC(=O)[C@H](CCCN=C(N)N)NC1=O. The van der Waals surface area contributed by atoms with Crippen molar-refractivity contribution in [2.45, 2.75) is 196 Å². The maximum absolute atomic E-state index is 15.3. The first-order valence-corrected chi connectivity index (χ1v) is 35.0. The third-order valence-corrected chi connectivity index (χ3v) is 15.9. The van der Waals surface area contributed by atoms with Crippen molar-refractivity contribution in [3.8, 4) is 0 Å². The molecule has 0 radical (unpaired) electrons. The molecular weight excluding hydrogens is 1390 g/mol. The van der Waals surface area contributed by atoms with Gasteiger partial charge in [0.05, 0.1) is 6.54 Å². The van der Waals surface area contributed by atoms with Crippen molar-refractivity contribution in [1.29, 1.82) is 0 Å². The van der Waals surface area contributed by atoms with Gasteiger partial charge in [-0.05, 0) is 110 Å². The van der Waals surface area contributed by atoms with Crippen LogP contribution in [0.25, 0.3) is 0 Å². The average Bonchev–Trinajstić information content (AvgIpc) is 0.867. The van der Waals surface area contributed by atoms with Crippen molar-refractivity contribution in [3.05, 3.63) is 0 Å². The number of thiol groups is 1. The lowest BCUT2D eigenvalue weighted by Crippen LogP contribution is -2.59. The van der Waals surface area contributed by atoms with E-state index in [0.717, 1.165) is 4.90 Å². The second-order valence-electron chi connectivity index (χ2n) is 24.5. The Morgan fingerprint density at radius 2 is 0.810 bits per heavy atom. The van der Waals surface area contributed by atoms with Gasteiger partial charge in [-0.15, -0.1) is 0 Å². The number of hydrogen-bond donors (Lipinski definition) is 25. The van der Waals surface area contributed by atoms with Gasteiger partial charge in [-0.3, -0.25) is 92.3 Å². The maximum Gasteiger partial charge on any atom is 0.245 e. The third-order valence-electron chi connectivity index (χ3n) is 15.5. The summed E-state index contributed by atoms with van der Waals surface area (Å²) in [5.74, 6) is -12.9. The summed E-state index contributed by atoms with van der Waals surface area (Å²) < 4.78 is 0. The van der Waals surface area contributed by atoms with Crippen molar-refractivity contribution in [2.24, 2.45) is 110 Å². The number of hydrogen-bond acceptors (Lipinski definition) is 20. The first kappa shape index (κ1) is 92.1. The molecule has 1 aliphatic heterocycles. The van der Waals surface area contributed by atoms with Crippen LogP contribution in [-0.2, 0) is 62.3 Å². The molecule has 0 aromatic carbocycles. The molecule has 0 spiro atoms. The van der Waals surface area contributed by atoms with Crippen LogP contribution in [0.2, 0.25) is 0 Å². The van der Waals surface area contributed by atoms with Crippen LogP contribution in [0.5, 0.6) is 0 Å². The topological polar surface area (TPSA) is 784 Å². The minimum absolute atomic E-state index is 0.0201. The van der Waals surface area contributed by atoms with Crippen molar-refractivity contribution < 1.29 is 62.3 Å². The van der Waals surface area contributed by atoms with Crippen molar-refractivity contribution in [3.63, 3.8) is 0 Å². The van der Waals surface area contributed by atoms with E-state index in [-0.39, 0.29) is 203 Å². The smallest absolute Gasteiger partial charge is 0.245 e. The number of nitrogens with zero attached hydrogens (tertiary/aromatic N) is 7. The molecule has 592 valence electrons. The summed E-state index contributed by atoms with van der Waals surface area (Å²) >= 11 is 4.09. The van der Waals surface area contributed by atoms with Gasteiger partial charge in [-0.25, -0.2) is 0 Å². The molecule has 45 heteroatoms. The largest absolute Gasteiger partial charge is 0.370 e. The molecule has 105 heavy (non-hydrogen) atoms. The molecule has 0 unspecified atom stereocenters. The van der Waals surface area contributed by atoms with Crippen molar-refractivity contribution >= 4 is 125 Å². The van der Waals surface area contributed by atoms with Crippen LogP contribution in [0.15, 0.2) is 30.0 Å². The predicted octanol–water partition coefficient (Wildman–Crippen LogP) is -10.9. The number of nitrogens with two attached hydrogens (primary N) is 14. The van der Waals surface area contributed by atoms with Crippen LogP contribution in [0, 0.1) is 0 Å². The van der Waals surface area contributed by atoms with E-state index in [1.54, 1.807) is 0 Å². The lowest BCUT2D eigenvalue weighted by atomic mass is 10.0. The Morgan fingerprint density at radius 3 is 1.25 bits per heavy atom. The molecule has 0 aromatic rings. The highest BCUT2D eigenvalue weighted by Crippen LogP contribution is 2.13. The quantitative estimate of drug-likeness (QED) is 0.0118. The van der Waals surface area contributed by atoms with Crippen LogP contribution in [0.1, 0.15) is 142 Å². The highest BCUT2D eigenvalue weighted by molar-refractivity contribution is 7.80. The standard InChI is InChI=1S/C60H113N31O13S/c1-33-47(97)85-36(15-9-26-78-57(67)68)52(102)89-40(18-12-29-81-60(73)74)54(104)91(30-5-3-2-4-23-75-43(93)19-6-20-44(94)83-34(13-7-24-76-55(63)64)49(99)88-39(48(98)82-33)21-22-42(61)92)31-45(95)84-35(14-8-25-77-56(65)66)50(100)86-37(16-10-27-79-58(69)70)51(101)87-38(17-11-28-80-59(71)72)53(103)90-41(32-105)46(62)96/h33-41,105H,2-32H2,1H3,(H2,61,92)(H2,62,96)(H,75,93)(H,82,98)(H,83,94)(H,84,95)(H,85,97)(H,86,100)(H,87,101)(H,88,99)(H,89,102)(H,90,103)(H4,63,64,76)(H4,65,66,77)(H4,67,68,78)(H4,69,70,79)(H4,71,72,80)(H4,73,74,81)/t33-,34-,35-,36-,37-,38-,39-,40-,41-/m0/s1. The molecule has 44 nitrogen and oxygen atoms in total. The first-order valence-electron chi connectivity index (χ1n) is 34.4. The van der Waals surface area contributed by atoms with Gasteiger partial charge in [0, 0.05) is 77.4 Å². The number of primary amides is 2. The van der Waals surface area contributed by atoms with Crippen LogP contribution < -0.4 is 133 Å². The molecule has 0 aromatic heterocycles. The molecule has 0 bridgehead atoms. The molecule has 1 rings (SSSR count). The zero-order chi connectivity index (χ0) is 79.0. The lowest BCUT2D eigenvalue weighted by Gasteiger charge is -2.30. The summed E-state index contributed by atoms with van der Waals surface area (Å²) in [5.41, 5.74) is 77.6. The van der Waals surface area contributed by atoms with E-state index in [1.165, 1.54) is 6.92 Å². The fourth-order valence-electron chi connectivity index (χ4n) is 10.1. The second kappa shape index (κ2) is 52.1. The van der Waals surface area contributed by atoms with Gasteiger partial charge in [0.2, 0.25) is 76.8 Å². The Morgan fingerprint density at radius 1 is 0.438 bits per heavy atom. The maximum atomic E-state index is 15.3. The van der Waals surface area contributed by atoms with E-state index >= 15 is 4.79 Å². The fraction of sp³-hybridized carbons (Fsp3) is 0.683. The second-order valence-corrected chi connectivity index (χ2v) is 24.9. The van der Waals surface area contributed by atoms with E-state index in [4.69, 9.17) is 80.3 Å². The van der Waals surface area contributed by atoms with E-state index in [0.29, 0.717) is 19.3 Å². The van der Waals surface area contributed by atoms with Gasteiger partial charge in [0.25, 0.3) is 0 Å². The fourth-order valence-corrected chi connectivity index (χ4v) is 10.4. The lowest BCUT2D eigenvalue weighted by molar-refractivity contribution is -0.141. The highest BCUT2D eigenvalue weighted by atomic mass is 32.1. The summed E-state index contributed by atoms with van der Waals surface area (Å²) in [7, 11) is 0. The summed E-state index contributed by atoms with van der Waals surface area (Å²) in [4.78, 5) is 205. The Hall–Kier alpha value is -10.9. The highest BCUT2D eigenvalue weighted by Gasteiger charge is 2.36. The minimum atomic E-state index is -1.54. The number of carbonyl (C=O) groups excluding carboxylic acids is 13. The summed E-state index contributed by atoms with van der Waals surface area (Å²) in [6.45, 7) is 0.374. The normalized spacial score (nSPS) is 18.8. The Bertz CT molecular complexity index is 3040. The number of amides is 13. The van der Waals surface area contributed by atoms with Crippen LogP contribution in [0.4, 0.5) is 0 Å². The average molecular weight is 1510 g/mol. The van der Waals surface area contributed by atoms with Gasteiger partial charge < -0.3 is 138 Å². The molecule has 1 aliphatic rings. The molecule has 9 atom stereocenters. The third kappa shape index (κ3) is 43.0. The van der Waals surface area contributed by atoms with E-state index in [1.807, 2.05) is 0 Å². The van der Waals surface area contributed by atoms with Gasteiger partial charge >= 0.3 is 0 Å². The van der Waals surface area contributed by atoms with Gasteiger partial charge in [0.15, 0.2) is 35.8 Å². The van der Waals surface area contributed by atoms with Crippen LogP contribution in [-0.4, -0.2) is 236 Å². The number of aliphatic imine (C=N–C) groups is 6. The summed E-state index contributed by atoms with van der Waals surface area (Å²) in [5, 5.41) is 26.0. The van der Waals surface area contributed by atoms with Gasteiger partial charge in [-0.1, -0.05) is 12.8 Å². The molecule has 0 saturated carbocycles. The van der Waals surface area contributed by atoms with Crippen LogP contribution >= 0.6 is 12.6 Å². The number of rotatable bonds is 38. The molecule has 38 N–H and O–H groups in total. The Balaban J connectivity index is 4.10. The zero-order valence-corrected chi connectivity index (χ0v) is 60.5. The van der Waals surface area contributed by atoms with E-state index in [2.05, 4.69) is 95.8 Å². The van der Waals surface area contributed by atoms with Crippen molar-refractivity contribution in [2.75, 3.05) is 64.7 Å². The Kier molecular flexibility index (Phi) is 45.7. The minimum Gasteiger partial charge on any atom is -0.370 e. The van der Waals surface area contributed by atoms with E-state index in [9.17, 15) is 57.5 Å². The number of carbonyl (C=O) groups is 13. The summed E-state index contributed by atoms with van der Waals surface area (Å²) in [6.07, 6.45) is 0.0699. The monoisotopic (exact) mass is 1510 g/mol. The summed E-state index contributed by atoms with van der Waals surface area (Å²) in [6, 6.07) is -13.0. The molecule has 0 aliphatic carbocycles. The van der Waals surface area contributed by atoms with Crippen molar-refractivity contribution in [1.82, 2.24) is 58.1 Å².